The molecule has 0 heterocycles. The van der Waals surface area contributed by atoms with E-state index in [1.54, 1.807) is 0 Å². The Bertz CT molecular complexity index is 136. The Labute approximate surface area is 66.6 Å². The first-order valence-corrected chi connectivity index (χ1v) is 5.21. The number of hydrogen-bond acceptors (Lipinski definition) is 1. The van der Waals surface area contributed by atoms with Gasteiger partial charge in [-0.05, 0) is 15.0 Å². The van der Waals surface area contributed by atoms with Gasteiger partial charge in [-0.2, -0.15) is 0 Å². The van der Waals surface area contributed by atoms with E-state index in [9.17, 15) is 0 Å². The molecule has 9 heavy (non-hydrogen) atoms. The van der Waals surface area contributed by atoms with Crippen LogP contribution in [0.15, 0.2) is 22.4 Å². The first-order valence-electron chi connectivity index (χ1n) is 2.72. The molecule has 0 saturated carbocycles. The third-order valence-corrected chi connectivity index (χ3v) is 3.00. The largest absolute Gasteiger partial charge is 0.391 e. The summed E-state index contributed by atoms with van der Waals surface area (Å²) in [5.74, 6) is 0. The zero-order valence-electron chi connectivity index (χ0n) is 5.82. The first kappa shape index (κ1) is 8.88. The van der Waals surface area contributed by atoms with Crippen LogP contribution in [0.3, 0.4) is 0 Å². The second-order valence-corrected chi connectivity index (χ2v) is 3.59. The van der Waals surface area contributed by atoms with E-state index in [1.807, 2.05) is 13.1 Å². The molecule has 0 aromatic carbocycles. The van der Waals surface area contributed by atoms with Crippen molar-refractivity contribution in [2.75, 3.05) is 7.05 Å². The van der Waals surface area contributed by atoms with Gasteiger partial charge < -0.3 is 5.32 Å². The Morgan fingerprint density at radius 3 is 2.78 bits per heavy atom. The molecule has 0 bridgehead atoms. The lowest BCUT2D eigenvalue weighted by Crippen LogP contribution is -1.99. The van der Waals surface area contributed by atoms with Gasteiger partial charge in [-0.3, -0.25) is 0 Å². The smallest absolute Gasteiger partial charge is 0.0130 e. The summed E-state index contributed by atoms with van der Waals surface area (Å²) in [5.41, 5.74) is 1.25. The fraction of sp³-hybridized carbons (Fsp3) is 0.286. The van der Waals surface area contributed by atoms with Crippen LogP contribution in [-0.2, 0) is 0 Å². The lowest BCUT2D eigenvalue weighted by Gasteiger charge is -1.92. The fourth-order valence-electron chi connectivity index (χ4n) is 0.237. The molecule has 0 aromatic rings. The van der Waals surface area contributed by atoms with E-state index >= 15 is 0 Å². The summed E-state index contributed by atoms with van der Waals surface area (Å²) in [6.07, 6.45) is 1.85. The Morgan fingerprint density at radius 1 is 1.67 bits per heavy atom. The molecule has 0 amide bonds. The maximum atomic E-state index is 3.61. The average molecular weight is 237 g/mol. The third kappa shape index (κ3) is 5.76. The minimum absolute atomic E-state index is 0.111. The zero-order chi connectivity index (χ0) is 7.11. The molecule has 0 saturated heterocycles. The zero-order valence-corrected chi connectivity index (χ0v) is 7.97. The minimum Gasteiger partial charge on any atom is -0.391 e. The number of nitrogens with one attached hydrogen (secondary N) is 1. The van der Waals surface area contributed by atoms with Gasteiger partial charge in [0.15, 0.2) is 0 Å². The van der Waals surface area contributed by atoms with Gasteiger partial charge in [-0.1, -0.05) is 33.4 Å². The van der Waals surface area contributed by atoms with Crippen LogP contribution in [0.2, 0.25) is 0 Å². The van der Waals surface area contributed by atoms with Crippen molar-refractivity contribution in [1.29, 1.82) is 0 Å². The highest BCUT2D eigenvalue weighted by atomic mass is 127. The van der Waals surface area contributed by atoms with Gasteiger partial charge in [0.05, 0.1) is 0 Å². The highest BCUT2D eigenvalue weighted by molar-refractivity contribution is 14.2. The quantitative estimate of drug-likeness (QED) is 0.740. The molecule has 52 valence electrons. The second kappa shape index (κ2) is 6.01. The maximum Gasteiger partial charge on any atom is 0.0130 e. The molecule has 0 atom stereocenters. The lowest BCUT2D eigenvalue weighted by atomic mass is 10.6. The van der Waals surface area contributed by atoms with Gasteiger partial charge in [-0.15, -0.1) is 0 Å². The van der Waals surface area contributed by atoms with E-state index in [0.29, 0.717) is 0 Å². The summed E-state index contributed by atoms with van der Waals surface area (Å²) in [6, 6.07) is 0. The van der Waals surface area contributed by atoms with Crippen molar-refractivity contribution in [2.45, 2.75) is 6.92 Å². The van der Waals surface area contributed by atoms with Gasteiger partial charge >= 0.3 is 0 Å². The third-order valence-electron chi connectivity index (χ3n) is 0.783. The van der Waals surface area contributed by atoms with E-state index in [2.05, 4.69) is 26.9 Å². The lowest BCUT2D eigenvalue weighted by molar-refractivity contribution is 0.997. The molecule has 0 radical (unpaired) electrons. The molecule has 0 fully saturated rings. The SMILES string of the molecule is C=CC=I/C=C(\C)NC. The van der Waals surface area contributed by atoms with Crippen LogP contribution in [-0.4, -0.2) is 11.1 Å². The summed E-state index contributed by atoms with van der Waals surface area (Å²) in [5, 5.41) is 3.06. The molecule has 1 nitrogen and oxygen atoms in total. The van der Waals surface area contributed by atoms with Crippen molar-refractivity contribution in [3.05, 3.63) is 22.4 Å². The van der Waals surface area contributed by atoms with Crippen LogP contribution in [0.25, 0.3) is 0 Å². The Balaban J connectivity index is 3.67. The number of rotatable bonds is 3. The number of hydrogen-bond donors (Lipinski definition) is 1. The monoisotopic (exact) mass is 237 g/mol. The van der Waals surface area contributed by atoms with E-state index < -0.39 is 0 Å². The second-order valence-electron chi connectivity index (χ2n) is 1.53. The molecule has 0 spiro atoms. The van der Waals surface area contributed by atoms with Gasteiger partial charge in [-0.25, -0.2) is 0 Å². The topological polar surface area (TPSA) is 12.0 Å². The van der Waals surface area contributed by atoms with Gasteiger partial charge in [0.25, 0.3) is 0 Å². The van der Waals surface area contributed by atoms with E-state index in [4.69, 9.17) is 0 Å². The normalized spacial score (nSPS) is 12.9. The molecule has 1 N–H and O–H groups in total. The van der Waals surface area contributed by atoms with E-state index in [0.717, 1.165) is 0 Å². The van der Waals surface area contributed by atoms with Crippen molar-refractivity contribution in [3.8, 4) is 0 Å². The van der Waals surface area contributed by atoms with E-state index in [1.165, 1.54) is 5.70 Å². The molecule has 0 aromatic heterocycles. The van der Waals surface area contributed by atoms with Crippen LogP contribution in [0, 0.1) is 0 Å². The molecule has 0 aliphatic heterocycles. The standard InChI is InChI=1S/C7H12IN/c1-4-5-8-6-7(2)9-3/h4-6,9H,1H2,2-3H3/b7-6+. The summed E-state index contributed by atoms with van der Waals surface area (Å²) < 4.78 is 4.35. The molecule has 0 aliphatic carbocycles. The van der Waals surface area contributed by atoms with Crippen molar-refractivity contribution < 1.29 is 0 Å². The summed E-state index contributed by atoms with van der Waals surface area (Å²) in [6.45, 7) is 5.67. The van der Waals surface area contributed by atoms with E-state index in [-0.39, 0.29) is 20.7 Å². The minimum atomic E-state index is 0.111. The summed E-state index contributed by atoms with van der Waals surface area (Å²) in [4.78, 5) is 0. The van der Waals surface area contributed by atoms with Crippen LogP contribution in [0.4, 0.5) is 0 Å². The highest BCUT2D eigenvalue weighted by Crippen LogP contribution is 2.00. The maximum absolute atomic E-state index is 3.61. The molecule has 0 aliphatic rings. The molecular weight excluding hydrogens is 225 g/mol. The number of halogens is 1. The van der Waals surface area contributed by atoms with Crippen LogP contribution >= 0.6 is 20.7 Å². The first-order chi connectivity index (χ1) is 4.31. The van der Waals surface area contributed by atoms with Crippen molar-refractivity contribution in [1.82, 2.24) is 5.32 Å². The highest BCUT2D eigenvalue weighted by Gasteiger charge is 1.73. The predicted octanol–water partition coefficient (Wildman–Crippen LogP) is 2.03. The van der Waals surface area contributed by atoms with Crippen molar-refractivity contribution >= 4 is 24.7 Å². The Morgan fingerprint density at radius 2 is 2.33 bits per heavy atom. The predicted molar refractivity (Wildman–Crippen MR) is 53.1 cm³/mol. The Hall–Kier alpha value is -0.120. The molecule has 0 unspecified atom stereocenters. The van der Waals surface area contributed by atoms with Crippen LogP contribution in [0.1, 0.15) is 6.92 Å². The summed E-state index contributed by atoms with van der Waals surface area (Å²) in [7, 11) is 1.93. The van der Waals surface area contributed by atoms with Gasteiger partial charge in [0, 0.05) is 12.7 Å². The average Bonchev–Trinajstić information content (AvgIpc) is 1.89. The fourth-order valence-corrected chi connectivity index (χ4v) is 1.59. The van der Waals surface area contributed by atoms with Crippen LogP contribution in [0.5, 0.6) is 0 Å². The van der Waals surface area contributed by atoms with Gasteiger partial charge in [0.1, 0.15) is 0 Å². The number of allylic oxidation sites excluding steroid dienone is 2. The molecule has 2 heteroatoms. The van der Waals surface area contributed by atoms with Gasteiger partial charge in [0.2, 0.25) is 0 Å². The summed E-state index contributed by atoms with van der Waals surface area (Å²) >= 11 is 0.111. The molecular formula is C7H12IN. The van der Waals surface area contributed by atoms with Crippen LogP contribution < -0.4 is 5.32 Å². The van der Waals surface area contributed by atoms with Crippen molar-refractivity contribution in [2.24, 2.45) is 0 Å². The Kier molecular flexibility index (Phi) is 5.93. The molecule has 0 rings (SSSR count). The van der Waals surface area contributed by atoms with Crippen molar-refractivity contribution in [3.63, 3.8) is 0 Å².